The number of hydrogen-bond donors (Lipinski definition) is 2. The number of nitrogens with zero attached hydrogens (tertiary/aromatic N) is 4. The average molecular weight is 353 g/mol. The number of aryl methyl sites for hydroxylation is 1. The Balaban J connectivity index is 1.65. The van der Waals surface area contributed by atoms with Gasteiger partial charge in [0.15, 0.2) is 5.69 Å². The zero-order valence-electron chi connectivity index (χ0n) is 14.5. The summed E-state index contributed by atoms with van der Waals surface area (Å²) in [5.74, 6) is -1.44. The minimum Gasteiger partial charge on any atom is -0.476 e. The van der Waals surface area contributed by atoms with Crippen LogP contribution >= 0.6 is 0 Å². The van der Waals surface area contributed by atoms with E-state index in [0.717, 1.165) is 5.56 Å². The molecule has 1 unspecified atom stereocenters. The molecule has 2 aromatic heterocycles. The highest BCUT2D eigenvalue weighted by Crippen LogP contribution is 2.14. The second-order valence-corrected chi connectivity index (χ2v) is 6.00. The van der Waals surface area contributed by atoms with E-state index in [2.05, 4.69) is 15.5 Å². The Bertz CT molecular complexity index is 944. The van der Waals surface area contributed by atoms with Gasteiger partial charge in [0, 0.05) is 12.4 Å². The molecule has 0 saturated heterocycles. The molecule has 0 saturated carbocycles. The van der Waals surface area contributed by atoms with E-state index < -0.39 is 12.0 Å². The van der Waals surface area contributed by atoms with Crippen molar-refractivity contribution in [2.24, 2.45) is 0 Å². The van der Waals surface area contributed by atoms with Crippen molar-refractivity contribution in [2.75, 3.05) is 5.32 Å². The zero-order chi connectivity index (χ0) is 18.7. The van der Waals surface area contributed by atoms with Crippen LogP contribution in [-0.4, -0.2) is 36.5 Å². The van der Waals surface area contributed by atoms with Gasteiger partial charge in [-0.1, -0.05) is 24.3 Å². The highest BCUT2D eigenvalue weighted by Gasteiger charge is 2.18. The van der Waals surface area contributed by atoms with Gasteiger partial charge in [-0.25, -0.2) is 4.79 Å². The lowest BCUT2D eigenvalue weighted by atomic mass is 10.1. The summed E-state index contributed by atoms with van der Waals surface area (Å²) in [6.45, 7) is 4.30. The van der Waals surface area contributed by atoms with Crippen LogP contribution in [0.3, 0.4) is 0 Å². The van der Waals surface area contributed by atoms with Gasteiger partial charge < -0.3 is 10.4 Å². The number of carbonyl (C=O) groups excluding carboxylic acids is 1. The van der Waals surface area contributed by atoms with E-state index in [-0.39, 0.29) is 11.6 Å². The number of benzene rings is 1. The Hall–Kier alpha value is -3.42. The second-order valence-electron chi connectivity index (χ2n) is 6.00. The molecule has 0 radical (unpaired) electrons. The molecule has 0 bridgehead atoms. The molecule has 1 atom stereocenters. The monoisotopic (exact) mass is 353 g/mol. The summed E-state index contributed by atoms with van der Waals surface area (Å²) >= 11 is 0. The fourth-order valence-electron chi connectivity index (χ4n) is 2.51. The number of rotatable bonds is 6. The van der Waals surface area contributed by atoms with Crippen LogP contribution in [0.5, 0.6) is 0 Å². The number of amides is 1. The molecule has 3 rings (SSSR count). The highest BCUT2D eigenvalue weighted by molar-refractivity contribution is 5.93. The minimum atomic E-state index is -1.13. The molecule has 0 aliphatic rings. The van der Waals surface area contributed by atoms with Crippen molar-refractivity contribution in [3.63, 3.8) is 0 Å². The molecular formula is C18H19N5O3. The Labute approximate surface area is 150 Å². The maximum Gasteiger partial charge on any atom is 0.356 e. The van der Waals surface area contributed by atoms with Crippen LogP contribution in [0.25, 0.3) is 0 Å². The number of aromatic nitrogens is 4. The lowest BCUT2D eigenvalue weighted by Gasteiger charge is -2.11. The molecule has 0 fully saturated rings. The van der Waals surface area contributed by atoms with Crippen LogP contribution in [-0.2, 0) is 11.3 Å². The summed E-state index contributed by atoms with van der Waals surface area (Å²) in [4.78, 5) is 23.2. The summed E-state index contributed by atoms with van der Waals surface area (Å²) in [7, 11) is 0. The zero-order valence-corrected chi connectivity index (χ0v) is 14.5. The second kappa shape index (κ2) is 7.22. The van der Waals surface area contributed by atoms with E-state index in [0.29, 0.717) is 12.2 Å². The Morgan fingerprint density at radius 3 is 2.73 bits per heavy atom. The molecule has 0 spiro atoms. The van der Waals surface area contributed by atoms with Gasteiger partial charge in [-0.15, -0.1) is 0 Å². The molecule has 2 N–H and O–H groups in total. The molecule has 0 aliphatic carbocycles. The van der Waals surface area contributed by atoms with Gasteiger partial charge in [0.05, 0.1) is 18.4 Å². The molecule has 8 nitrogen and oxygen atoms in total. The van der Waals surface area contributed by atoms with Gasteiger partial charge in [-0.2, -0.15) is 10.2 Å². The first-order valence-corrected chi connectivity index (χ1v) is 8.10. The number of anilines is 1. The van der Waals surface area contributed by atoms with Crippen LogP contribution in [0.15, 0.2) is 48.9 Å². The van der Waals surface area contributed by atoms with Crippen molar-refractivity contribution in [3.05, 3.63) is 65.7 Å². The third-order valence-electron chi connectivity index (χ3n) is 4.10. The van der Waals surface area contributed by atoms with E-state index in [1.54, 1.807) is 24.0 Å². The molecule has 26 heavy (non-hydrogen) atoms. The number of aromatic carboxylic acids is 1. The fraction of sp³-hybridized carbons (Fsp3) is 0.222. The van der Waals surface area contributed by atoms with Crippen LogP contribution in [0.1, 0.15) is 34.6 Å². The van der Waals surface area contributed by atoms with Crippen LogP contribution < -0.4 is 5.32 Å². The summed E-state index contributed by atoms with van der Waals surface area (Å²) in [5, 5.41) is 19.8. The molecule has 0 aliphatic heterocycles. The SMILES string of the molecule is Cc1ccccc1Cn1cc(NC(=O)C(C)n2ccc(C(=O)O)n2)cn1. The smallest absolute Gasteiger partial charge is 0.356 e. The number of nitrogens with one attached hydrogen (secondary N) is 1. The van der Waals surface area contributed by atoms with Gasteiger partial charge >= 0.3 is 5.97 Å². The first-order valence-electron chi connectivity index (χ1n) is 8.10. The largest absolute Gasteiger partial charge is 0.476 e. The summed E-state index contributed by atoms with van der Waals surface area (Å²) in [5.41, 5.74) is 2.80. The van der Waals surface area contributed by atoms with Crippen molar-refractivity contribution in [1.29, 1.82) is 0 Å². The minimum absolute atomic E-state index is 0.101. The molecular weight excluding hydrogens is 334 g/mol. The maximum atomic E-state index is 12.4. The van der Waals surface area contributed by atoms with Crippen molar-refractivity contribution < 1.29 is 14.7 Å². The predicted molar refractivity (Wildman–Crippen MR) is 95.0 cm³/mol. The first-order chi connectivity index (χ1) is 12.4. The van der Waals surface area contributed by atoms with E-state index in [9.17, 15) is 9.59 Å². The number of carbonyl (C=O) groups is 2. The number of carboxylic acid groups (broad SMARTS) is 1. The molecule has 3 aromatic rings. The molecule has 8 heteroatoms. The molecule has 2 heterocycles. The molecule has 134 valence electrons. The lowest BCUT2D eigenvalue weighted by molar-refractivity contribution is -0.119. The van der Waals surface area contributed by atoms with Crippen molar-refractivity contribution in [3.8, 4) is 0 Å². The van der Waals surface area contributed by atoms with E-state index in [1.165, 1.54) is 22.5 Å². The van der Waals surface area contributed by atoms with Crippen molar-refractivity contribution >= 4 is 17.6 Å². The van der Waals surface area contributed by atoms with Gasteiger partial charge in [-0.3, -0.25) is 14.2 Å². The van der Waals surface area contributed by atoms with Crippen molar-refractivity contribution in [1.82, 2.24) is 19.6 Å². The third-order valence-corrected chi connectivity index (χ3v) is 4.10. The van der Waals surface area contributed by atoms with Gasteiger partial charge in [0.1, 0.15) is 6.04 Å². The molecule has 1 aromatic carbocycles. The third kappa shape index (κ3) is 3.80. The normalized spacial score (nSPS) is 11.9. The Kier molecular flexibility index (Phi) is 4.83. The quantitative estimate of drug-likeness (QED) is 0.708. The van der Waals surface area contributed by atoms with E-state index >= 15 is 0 Å². The molecule has 1 amide bonds. The Morgan fingerprint density at radius 2 is 2.04 bits per heavy atom. The van der Waals surface area contributed by atoms with Gasteiger partial charge in [-0.05, 0) is 31.0 Å². The average Bonchev–Trinajstić information content (AvgIpc) is 3.26. The summed E-state index contributed by atoms with van der Waals surface area (Å²) in [6, 6.07) is 8.74. The Morgan fingerprint density at radius 1 is 1.27 bits per heavy atom. The topological polar surface area (TPSA) is 102 Å². The van der Waals surface area contributed by atoms with Crippen molar-refractivity contribution in [2.45, 2.75) is 26.4 Å². The van der Waals surface area contributed by atoms with Crippen LogP contribution in [0.2, 0.25) is 0 Å². The van der Waals surface area contributed by atoms with Crippen LogP contribution in [0.4, 0.5) is 5.69 Å². The summed E-state index contributed by atoms with van der Waals surface area (Å²) in [6.07, 6.45) is 4.80. The first kappa shape index (κ1) is 17.4. The summed E-state index contributed by atoms with van der Waals surface area (Å²) < 4.78 is 3.07. The number of carboxylic acids is 1. The van der Waals surface area contributed by atoms with E-state index in [4.69, 9.17) is 5.11 Å². The predicted octanol–water partition coefficient (Wildman–Crippen LogP) is 2.33. The standard InChI is InChI=1S/C18H19N5O3/c1-12-5-3-4-6-14(12)10-22-11-15(9-19-22)20-17(24)13(2)23-8-7-16(21-23)18(25)26/h3-9,11,13H,10H2,1-2H3,(H,20,24)(H,25,26). The number of hydrogen-bond acceptors (Lipinski definition) is 4. The highest BCUT2D eigenvalue weighted by atomic mass is 16.4. The lowest BCUT2D eigenvalue weighted by Crippen LogP contribution is -2.24. The maximum absolute atomic E-state index is 12.4. The van der Waals surface area contributed by atoms with E-state index in [1.807, 2.05) is 31.2 Å². The van der Waals surface area contributed by atoms with Crippen LogP contribution in [0, 0.1) is 6.92 Å². The van der Waals surface area contributed by atoms with Gasteiger partial charge in [0.25, 0.3) is 0 Å². The fourth-order valence-corrected chi connectivity index (χ4v) is 2.51. The van der Waals surface area contributed by atoms with Gasteiger partial charge in [0.2, 0.25) is 5.91 Å².